The van der Waals surface area contributed by atoms with Gasteiger partial charge in [0.25, 0.3) is 0 Å². The van der Waals surface area contributed by atoms with Gasteiger partial charge in [0.15, 0.2) is 18.7 Å². The first-order chi connectivity index (χ1) is 49.1. The highest BCUT2D eigenvalue weighted by Gasteiger charge is 2.58. The predicted octanol–water partition coefficient (Wildman–Crippen LogP) is 12.2. The molecular formula is C77H145O24P. The van der Waals surface area contributed by atoms with Crippen molar-refractivity contribution in [1.82, 2.24) is 0 Å². The summed E-state index contributed by atoms with van der Waals surface area (Å²) in [5, 5.41) is 110. The summed E-state index contributed by atoms with van der Waals surface area (Å²) < 4.78 is 65.3. The van der Waals surface area contributed by atoms with Crippen LogP contribution in [0.3, 0.4) is 0 Å². The van der Waals surface area contributed by atoms with Gasteiger partial charge in [-0.25, -0.2) is 4.57 Å². The predicted molar refractivity (Wildman–Crippen MR) is 388 cm³/mol. The summed E-state index contributed by atoms with van der Waals surface area (Å²) in [6.45, 7) is 8.14. The van der Waals surface area contributed by atoms with Crippen molar-refractivity contribution in [2.45, 2.75) is 434 Å². The molecule has 102 heavy (non-hydrogen) atoms. The van der Waals surface area contributed by atoms with Crippen LogP contribution in [-0.2, 0) is 61.2 Å². The number of aliphatic hydroxyl groups excluding tert-OH is 10. The lowest BCUT2D eigenvalue weighted by molar-refractivity contribution is -0.360. The molecule has 25 heteroatoms. The molecule has 0 amide bonds. The van der Waals surface area contributed by atoms with Crippen LogP contribution in [0.25, 0.3) is 0 Å². The maximum Gasteiger partial charge on any atom is 0.472 e. The van der Waals surface area contributed by atoms with Crippen LogP contribution in [0.5, 0.6) is 0 Å². The second kappa shape index (κ2) is 57.1. The van der Waals surface area contributed by atoms with Crippen LogP contribution in [0.1, 0.15) is 330 Å². The van der Waals surface area contributed by atoms with Crippen LogP contribution in [-0.4, -0.2) is 204 Å². The molecular weight excluding hydrogens is 1340 g/mol. The van der Waals surface area contributed by atoms with E-state index in [1.54, 1.807) is 0 Å². The zero-order chi connectivity index (χ0) is 74.9. The van der Waals surface area contributed by atoms with E-state index in [9.17, 15) is 74.9 Å². The number of unbranched alkanes of at least 4 members (excludes halogenated alkanes) is 34. The van der Waals surface area contributed by atoms with Crippen LogP contribution in [0.2, 0.25) is 0 Å². The highest BCUT2D eigenvalue weighted by molar-refractivity contribution is 7.47. The summed E-state index contributed by atoms with van der Waals surface area (Å²) in [6, 6.07) is 0. The van der Waals surface area contributed by atoms with Gasteiger partial charge in [0.2, 0.25) is 0 Å². The average molecular weight is 1490 g/mol. The molecule has 3 rings (SSSR count). The quantitative estimate of drug-likeness (QED) is 0.0117. The molecule has 0 aromatic rings. The Morgan fingerprint density at radius 3 is 1.06 bits per heavy atom. The van der Waals surface area contributed by atoms with E-state index in [-0.39, 0.29) is 19.3 Å². The first-order valence-electron chi connectivity index (χ1n) is 40.6. The third-order valence-electron chi connectivity index (χ3n) is 20.7. The van der Waals surface area contributed by atoms with Crippen molar-refractivity contribution in [2.75, 3.05) is 26.4 Å². The molecule has 602 valence electrons. The lowest BCUT2D eigenvalue weighted by Gasteiger charge is -2.49. The molecule has 0 radical (unpaired) electrons. The Morgan fingerprint density at radius 1 is 0.373 bits per heavy atom. The van der Waals surface area contributed by atoms with E-state index in [4.69, 9.17) is 42.2 Å². The Hall–Kier alpha value is -2.04. The van der Waals surface area contributed by atoms with Crippen molar-refractivity contribution in [1.29, 1.82) is 0 Å². The van der Waals surface area contributed by atoms with Gasteiger partial charge in [0.05, 0.1) is 13.2 Å². The number of esters is 3. The summed E-state index contributed by atoms with van der Waals surface area (Å²) in [5.41, 5.74) is 0. The van der Waals surface area contributed by atoms with Gasteiger partial charge in [-0.05, 0) is 31.1 Å². The molecule has 0 spiro atoms. The molecule has 2 heterocycles. The van der Waals surface area contributed by atoms with E-state index in [0.717, 1.165) is 96.3 Å². The molecule has 1 aliphatic carbocycles. The van der Waals surface area contributed by atoms with Gasteiger partial charge in [0, 0.05) is 19.3 Å². The molecule has 1 saturated carbocycles. The van der Waals surface area contributed by atoms with Crippen LogP contribution in [0.4, 0.5) is 0 Å². The molecule has 3 fully saturated rings. The molecule has 3 aliphatic rings. The van der Waals surface area contributed by atoms with E-state index in [0.29, 0.717) is 31.1 Å². The fraction of sp³-hybridized carbons (Fsp3) is 0.961. The number of phosphoric ester groups is 1. The molecule has 24 nitrogen and oxygen atoms in total. The van der Waals surface area contributed by atoms with E-state index >= 15 is 0 Å². The van der Waals surface area contributed by atoms with Gasteiger partial charge >= 0.3 is 25.7 Å². The van der Waals surface area contributed by atoms with Crippen molar-refractivity contribution in [3.8, 4) is 0 Å². The fourth-order valence-electron chi connectivity index (χ4n) is 13.9. The zero-order valence-electron chi connectivity index (χ0n) is 63.5. The Kier molecular flexibility index (Phi) is 52.7. The van der Waals surface area contributed by atoms with Gasteiger partial charge in [0.1, 0.15) is 98.7 Å². The number of ether oxygens (including phenoxy) is 7. The normalized spacial score (nSPS) is 27.6. The number of hydrogen-bond donors (Lipinski definition) is 11. The molecule has 0 aromatic heterocycles. The summed E-state index contributed by atoms with van der Waals surface area (Å²) in [5.74, 6) is -0.597. The molecule has 0 bridgehead atoms. The average Bonchev–Trinajstić information content (AvgIpc) is 0.760. The van der Waals surface area contributed by atoms with Crippen molar-refractivity contribution >= 4 is 25.7 Å². The number of carbonyl (C=O) groups is 3. The van der Waals surface area contributed by atoms with Gasteiger partial charge in [-0.1, -0.05) is 291 Å². The van der Waals surface area contributed by atoms with Gasteiger partial charge in [-0.15, -0.1) is 0 Å². The van der Waals surface area contributed by atoms with E-state index < -0.39 is 156 Å². The second-order valence-electron chi connectivity index (χ2n) is 30.0. The number of rotatable bonds is 63. The lowest BCUT2D eigenvalue weighted by Crippen LogP contribution is -2.69. The van der Waals surface area contributed by atoms with Gasteiger partial charge < -0.3 is 89.1 Å². The summed E-state index contributed by atoms with van der Waals surface area (Å²) in [6.07, 6.45) is 12.9. The Morgan fingerprint density at radius 2 is 0.686 bits per heavy atom. The highest BCUT2D eigenvalue weighted by atomic mass is 31.2. The van der Waals surface area contributed by atoms with Crippen molar-refractivity contribution < 1.29 is 117 Å². The molecule has 2 saturated heterocycles. The minimum atomic E-state index is -5.70. The topological polar surface area (TPSA) is 374 Å². The summed E-state index contributed by atoms with van der Waals surface area (Å²) in [4.78, 5) is 51.2. The van der Waals surface area contributed by atoms with E-state index in [1.165, 1.54) is 161 Å². The molecule has 0 aromatic carbocycles. The number of aliphatic hydroxyl groups is 10. The molecule has 20 atom stereocenters. The third-order valence-corrected chi connectivity index (χ3v) is 21.7. The molecule has 20 unspecified atom stereocenters. The third kappa shape index (κ3) is 39.9. The standard InChI is InChI=1S/C77H145O24P/c1-6-9-12-15-18-19-20-21-22-23-24-25-26-35-43-50-62(80)94-55-60-65(83)67(85)72(90)77(98-60)100-74-70(88)68(86)69(87)73(99-76-71(89)66(84)64(82)59(52-78)97-76)75(74)101-102(91,92)95-54-58(96-63(81)51-44-37-30-28-34-41-48-57(5)46-39-32-17-14-11-8-3)53-93-61(79)49-42-36-29-27-33-40-47-56(4)45-38-31-16-13-10-7-2/h56-60,64-78,82-90H,6-55H2,1-5H3,(H,91,92). The Labute approximate surface area is 612 Å². The second-order valence-corrected chi connectivity index (χ2v) is 31.4. The van der Waals surface area contributed by atoms with Crippen molar-refractivity contribution in [3.63, 3.8) is 0 Å². The first kappa shape index (κ1) is 94.2. The van der Waals surface area contributed by atoms with E-state index in [1.807, 2.05) is 0 Å². The summed E-state index contributed by atoms with van der Waals surface area (Å²) >= 11 is 0. The number of hydrogen-bond acceptors (Lipinski definition) is 23. The minimum Gasteiger partial charge on any atom is -0.463 e. The molecule has 11 N–H and O–H groups in total. The van der Waals surface area contributed by atoms with Crippen LogP contribution in [0, 0.1) is 11.8 Å². The SMILES string of the molecule is CCCCCCCCCCCCCCCCCC(=O)OCC1OC(OC2C(O)C(O)C(O)C(OC3OC(CO)C(O)C(O)C3O)C2OP(=O)(O)OCC(COC(=O)CCCCCCCCC(C)CCCCCCCC)OC(=O)CCCCCCCCC(C)CCCCCCCC)C(O)C(O)C1O. The number of carbonyl (C=O) groups excluding carboxylic acids is 3. The fourth-order valence-corrected chi connectivity index (χ4v) is 14.9. The highest BCUT2D eigenvalue weighted by Crippen LogP contribution is 2.49. The lowest BCUT2D eigenvalue weighted by atomic mass is 9.84. The van der Waals surface area contributed by atoms with Crippen molar-refractivity contribution in [2.24, 2.45) is 11.8 Å². The Balaban J connectivity index is 1.72. The van der Waals surface area contributed by atoms with Gasteiger partial charge in [-0.3, -0.25) is 23.4 Å². The largest absolute Gasteiger partial charge is 0.472 e. The maximum atomic E-state index is 14.4. The van der Waals surface area contributed by atoms with E-state index in [2.05, 4.69) is 34.6 Å². The summed E-state index contributed by atoms with van der Waals surface area (Å²) in [7, 11) is -5.70. The number of phosphoric acid groups is 1. The first-order valence-corrected chi connectivity index (χ1v) is 42.1. The maximum absolute atomic E-state index is 14.4. The van der Waals surface area contributed by atoms with Crippen LogP contribution < -0.4 is 0 Å². The Bertz CT molecular complexity index is 2130. The smallest absolute Gasteiger partial charge is 0.463 e. The minimum absolute atomic E-state index is 0.0332. The van der Waals surface area contributed by atoms with Crippen LogP contribution >= 0.6 is 7.82 Å². The van der Waals surface area contributed by atoms with Crippen molar-refractivity contribution in [3.05, 3.63) is 0 Å². The van der Waals surface area contributed by atoms with Crippen LogP contribution in [0.15, 0.2) is 0 Å². The monoisotopic (exact) mass is 1480 g/mol. The molecule has 2 aliphatic heterocycles. The van der Waals surface area contributed by atoms with Gasteiger partial charge in [-0.2, -0.15) is 0 Å². The zero-order valence-corrected chi connectivity index (χ0v) is 64.4.